The van der Waals surface area contributed by atoms with Gasteiger partial charge in [-0.3, -0.25) is 4.90 Å². The van der Waals surface area contributed by atoms with E-state index in [1.807, 2.05) is 19.2 Å². The molecule has 1 saturated heterocycles. The monoisotopic (exact) mass is 368 g/mol. The molecule has 0 unspecified atom stereocenters. The van der Waals surface area contributed by atoms with Crippen LogP contribution in [-0.2, 0) is 13.7 Å². The number of hydrogen-bond acceptors (Lipinski definition) is 3. The van der Waals surface area contributed by atoms with E-state index in [1.54, 1.807) is 21.4 Å². The lowest BCUT2D eigenvalue weighted by Crippen LogP contribution is -2.27. The lowest BCUT2D eigenvalue weighted by molar-refractivity contribution is 0.190. The Labute approximate surface area is 157 Å². The summed E-state index contributed by atoms with van der Waals surface area (Å²) in [5, 5.41) is 4.63. The average molecular weight is 368 g/mol. The second-order valence-corrected chi connectivity index (χ2v) is 7.03. The number of aromatic nitrogens is 3. The lowest BCUT2D eigenvalue weighted by Gasteiger charge is -2.24. The Kier molecular flexibility index (Phi) is 4.70. The van der Waals surface area contributed by atoms with Gasteiger partial charge in [0.2, 0.25) is 0 Å². The molecule has 0 N–H and O–H groups in total. The maximum atomic E-state index is 14.2. The van der Waals surface area contributed by atoms with Gasteiger partial charge in [0.05, 0.1) is 12.2 Å². The predicted molar refractivity (Wildman–Crippen MR) is 103 cm³/mol. The Balaban J connectivity index is 1.64. The van der Waals surface area contributed by atoms with Gasteiger partial charge in [0.25, 0.3) is 0 Å². The van der Waals surface area contributed by atoms with Crippen LogP contribution in [0.15, 0.2) is 54.6 Å². The number of benzene rings is 2. The van der Waals surface area contributed by atoms with Crippen LogP contribution in [0, 0.1) is 10.6 Å². The zero-order valence-corrected chi connectivity index (χ0v) is 15.5. The Morgan fingerprint density at radius 1 is 1.12 bits per heavy atom. The van der Waals surface area contributed by atoms with Crippen molar-refractivity contribution in [2.24, 2.45) is 7.05 Å². The third kappa shape index (κ3) is 3.10. The fraction of sp³-hybridized carbons (Fsp3) is 0.300. The SMILES string of the molecule is Cn1c(-c2ccccc2F)nn(CN2CCC[C@H]2c2ccccc2)c1=S. The van der Waals surface area contributed by atoms with Gasteiger partial charge in [0, 0.05) is 19.6 Å². The molecule has 0 spiro atoms. The second-order valence-electron chi connectivity index (χ2n) is 6.67. The van der Waals surface area contributed by atoms with Gasteiger partial charge in [-0.2, -0.15) is 5.10 Å². The highest BCUT2D eigenvalue weighted by molar-refractivity contribution is 7.71. The standard InChI is InChI=1S/C20H21FN4S/c1-23-19(16-10-5-6-11-17(16)21)22-25(20(23)26)14-24-13-7-12-18(24)15-8-3-2-4-9-15/h2-6,8-11,18H,7,12-14H2,1H3/t18-/m0/s1. The van der Waals surface area contributed by atoms with Crippen molar-refractivity contribution in [1.82, 2.24) is 19.2 Å². The Hall–Kier alpha value is -2.31. The van der Waals surface area contributed by atoms with E-state index >= 15 is 0 Å². The number of halogens is 1. The minimum atomic E-state index is -0.286. The van der Waals surface area contributed by atoms with Crippen molar-refractivity contribution in [3.05, 3.63) is 70.7 Å². The van der Waals surface area contributed by atoms with Gasteiger partial charge in [-0.05, 0) is 42.8 Å². The summed E-state index contributed by atoms with van der Waals surface area (Å²) in [5.74, 6) is 0.273. The van der Waals surface area contributed by atoms with Crippen molar-refractivity contribution in [1.29, 1.82) is 0 Å². The minimum Gasteiger partial charge on any atom is -0.303 e. The van der Waals surface area contributed by atoms with Crippen molar-refractivity contribution in [3.63, 3.8) is 0 Å². The fourth-order valence-electron chi connectivity index (χ4n) is 3.68. The van der Waals surface area contributed by atoms with Gasteiger partial charge in [-0.25, -0.2) is 9.07 Å². The summed E-state index contributed by atoms with van der Waals surface area (Å²) in [6.45, 7) is 1.62. The summed E-state index contributed by atoms with van der Waals surface area (Å²) < 4.78 is 18.4. The average Bonchev–Trinajstić information content (AvgIpc) is 3.23. The van der Waals surface area contributed by atoms with Crippen LogP contribution in [0.1, 0.15) is 24.4 Å². The van der Waals surface area contributed by atoms with Gasteiger partial charge in [-0.1, -0.05) is 42.5 Å². The first-order valence-corrected chi connectivity index (χ1v) is 9.23. The molecular formula is C20H21FN4S. The molecule has 1 atom stereocenters. The quantitative estimate of drug-likeness (QED) is 0.632. The third-order valence-corrected chi connectivity index (χ3v) is 5.50. The molecule has 0 saturated carbocycles. The van der Waals surface area contributed by atoms with E-state index < -0.39 is 0 Å². The highest BCUT2D eigenvalue weighted by Crippen LogP contribution is 2.32. The molecule has 2 heterocycles. The van der Waals surface area contributed by atoms with E-state index in [0.717, 1.165) is 19.4 Å². The van der Waals surface area contributed by atoms with Crippen LogP contribution in [0.2, 0.25) is 0 Å². The molecular weight excluding hydrogens is 347 g/mol. The van der Waals surface area contributed by atoms with E-state index in [1.165, 1.54) is 11.6 Å². The first kappa shape index (κ1) is 17.1. The molecule has 0 radical (unpaired) electrons. The van der Waals surface area contributed by atoms with Crippen molar-refractivity contribution in [2.75, 3.05) is 6.54 Å². The highest BCUT2D eigenvalue weighted by Gasteiger charge is 2.27. The van der Waals surface area contributed by atoms with Crippen LogP contribution in [-0.4, -0.2) is 25.8 Å². The number of rotatable bonds is 4. The molecule has 6 heteroatoms. The summed E-state index contributed by atoms with van der Waals surface area (Å²) in [7, 11) is 1.84. The Morgan fingerprint density at radius 3 is 2.62 bits per heavy atom. The summed E-state index contributed by atoms with van der Waals surface area (Å²) in [5.41, 5.74) is 1.79. The van der Waals surface area contributed by atoms with Gasteiger partial charge in [0.15, 0.2) is 10.6 Å². The maximum absolute atomic E-state index is 14.2. The molecule has 1 aliphatic rings. The van der Waals surface area contributed by atoms with Crippen LogP contribution in [0.5, 0.6) is 0 Å². The molecule has 4 rings (SSSR count). The molecule has 3 aromatic rings. The van der Waals surface area contributed by atoms with Crippen LogP contribution in [0.4, 0.5) is 4.39 Å². The van der Waals surface area contributed by atoms with Crippen LogP contribution in [0.25, 0.3) is 11.4 Å². The zero-order chi connectivity index (χ0) is 18.1. The van der Waals surface area contributed by atoms with Crippen molar-refractivity contribution >= 4 is 12.2 Å². The second kappa shape index (κ2) is 7.13. The van der Waals surface area contributed by atoms with Crippen LogP contribution < -0.4 is 0 Å². The van der Waals surface area contributed by atoms with E-state index in [4.69, 9.17) is 12.2 Å². The summed E-state index contributed by atoms with van der Waals surface area (Å²) in [6, 6.07) is 17.6. The van der Waals surface area contributed by atoms with Crippen molar-refractivity contribution in [3.8, 4) is 11.4 Å². The highest BCUT2D eigenvalue weighted by atomic mass is 32.1. The fourth-order valence-corrected chi connectivity index (χ4v) is 3.86. The van der Waals surface area contributed by atoms with Gasteiger partial charge in [0.1, 0.15) is 5.82 Å². The molecule has 1 fully saturated rings. The molecule has 4 nitrogen and oxygen atoms in total. The molecule has 134 valence electrons. The van der Waals surface area contributed by atoms with E-state index in [0.29, 0.717) is 28.9 Å². The van der Waals surface area contributed by atoms with Crippen LogP contribution >= 0.6 is 12.2 Å². The Morgan fingerprint density at radius 2 is 1.85 bits per heavy atom. The summed E-state index contributed by atoms with van der Waals surface area (Å²) in [4.78, 5) is 2.39. The largest absolute Gasteiger partial charge is 0.303 e. The van der Waals surface area contributed by atoms with Gasteiger partial charge >= 0.3 is 0 Å². The summed E-state index contributed by atoms with van der Waals surface area (Å²) in [6.07, 6.45) is 2.28. The zero-order valence-electron chi connectivity index (χ0n) is 14.7. The van der Waals surface area contributed by atoms with Gasteiger partial charge < -0.3 is 4.57 Å². The predicted octanol–water partition coefficient (Wildman–Crippen LogP) is 4.55. The topological polar surface area (TPSA) is 26.0 Å². The van der Waals surface area contributed by atoms with Crippen molar-refractivity contribution < 1.29 is 4.39 Å². The van der Waals surface area contributed by atoms with E-state index in [-0.39, 0.29) is 5.82 Å². The maximum Gasteiger partial charge on any atom is 0.199 e. The van der Waals surface area contributed by atoms with Crippen LogP contribution in [0.3, 0.4) is 0 Å². The molecule has 1 aliphatic heterocycles. The van der Waals surface area contributed by atoms with E-state index in [9.17, 15) is 4.39 Å². The lowest BCUT2D eigenvalue weighted by atomic mass is 10.1. The molecule has 2 aromatic carbocycles. The molecule has 0 bridgehead atoms. The number of hydrogen-bond donors (Lipinski definition) is 0. The summed E-state index contributed by atoms with van der Waals surface area (Å²) >= 11 is 5.56. The van der Waals surface area contributed by atoms with Crippen molar-refractivity contribution in [2.45, 2.75) is 25.6 Å². The normalized spacial score (nSPS) is 17.7. The first-order chi connectivity index (χ1) is 12.6. The number of likely N-dealkylation sites (tertiary alicyclic amines) is 1. The minimum absolute atomic E-state index is 0.286. The smallest absolute Gasteiger partial charge is 0.199 e. The first-order valence-electron chi connectivity index (χ1n) is 8.83. The van der Waals surface area contributed by atoms with Gasteiger partial charge in [-0.15, -0.1) is 0 Å². The molecule has 1 aromatic heterocycles. The molecule has 0 aliphatic carbocycles. The Bertz CT molecular complexity index is 963. The number of nitrogens with zero attached hydrogens (tertiary/aromatic N) is 4. The third-order valence-electron chi connectivity index (χ3n) is 5.02. The molecule has 26 heavy (non-hydrogen) atoms. The van der Waals surface area contributed by atoms with E-state index in [2.05, 4.69) is 34.3 Å². The molecule has 0 amide bonds.